The number of hydrogen-bond donors (Lipinski definition) is 2. The van der Waals surface area contributed by atoms with Crippen molar-refractivity contribution in [2.45, 2.75) is 37.8 Å². The Hall–Kier alpha value is -0.640. The van der Waals surface area contributed by atoms with E-state index in [9.17, 15) is 9.50 Å². The van der Waals surface area contributed by atoms with E-state index in [1.807, 2.05) is 0 Å². The van der Waals surface area contributed by atoms with Gasteiger partial charge in [0.15, 0.2) is 0 Å². The van der Waals surface area contributed by atoms with E-state index in [0.29, 0.717) is 17.1 Å². The molecule has 0 aromatic heterocycles. The Balaban J connectivity index is 2.03. The summed E-state index contributed by atoms with van der Waals surface area (Å²) in [6.07, 6.45) is 4.13. The summed E-state index contributed by atoms with van der Waals surface area (Å²) in [6, 6.07) is 4.54. The quantitative estimate of drug-likeness (QED) is 0.869. The van der Waals surface area contributed by atoms with Crippen molar-refractivity contribution >= 4 is 11.6 Å². The van der Waals surface area contributed by atoms with Gasteiger partial charge in [-0.1, -0.05) is 24.4 Å². The largest absolute Gasteiger partial charge is 0.394 e. The number of benzene rings is 1. The van der Waals surface area contributed by atoms with Gasteiger partial charge in [0.25, 0.3) is 0 Å². The molecule has 94 valence electrons. The van der Waals surface area contributed by atoms with E-state index >= 15 is 0 Å². The second-order valence-corrected chi connectivity index (χ2v) is 5.17. The van der Waals surface area contributed by atoms with Crippen LogP contribution in [0, 0.1) is 5.82 Å². The maximum Gasteiger partial charge on any atom is 0.127 e. The molecule has 1 aliphatic carbocycles. The van der Waals surface area contributed by atoms with Gasteiger partial charge in [-0.25, -0.2) is 4.39 Å². The molecule has 0 heterocycles. The Morgan fingerprint density at radius 1 is 1.35 bits per heavy atom. The van der Waals surface area contributed by atoms with Gasteiger partial charge in [0.05, 0.1) is 6.61 Å². The first-order valence-electron chi connectivity index (χ1n) is 5.95. The van der Waals surface area contributed by atoms with Crippen LogP contribution < -0.4 is 5.32 Å². The molecule has 1 aromatic rings. The molecule has 0 aliphatic heterocycles. The average molecular weight is 258 g/mol. The van der Waals surface area contributed by atoms with Gasteiger partial charge in [-0.3, -0.25) is 0 Å². The molecule has 1 fully saturated rings. The molecule has 1 aromatic carbocycles. The van der Waals surface area contributed by atoms with Crippen LogP contribution in [0.1, 0.15) is 31.2 Å². The van der Waals surface area contributed by atoms with Gasteiger partial charge in [-0.2, -0.15) is 0 Å². The van der Waals surface area contributed by atoms with Crippen LogP contribution >= 0.6 is 11.6 Å². The highest BCUT2D eigenvalue weighted by molar-refractivity contribution is 6.30. The Kier molecular flexibility index (Phi) is 4.02. The van der Waals surface area contributed by atoms with Crippen LogP contribution in [0.5, 0.6) is 0 Å². The van der Waals surface area contributed by atoms with E-state index in [0.717, 1.165) is 25.7 Å². The molecule has 0 saturated heterocycles. The zero-order chi connectivity index (χ0) is 12.3. The van der Waals surface area contributed by atoms with Gasteiger partial charge in [0.1, 0.15) is 5.82 Å². The highest BCUT2D eigenvalue weighted by atomic mass is 35.5. The average Bonchev–Trinajstić information content (AvgIpc) is 2.80. The molecule has 2 N–H and O–H groups in total. The predicted octanol–water partition coefficient (Wildman–Crippen LogP) is 2.87. The van der Waals surface area contributed by atoms with Gasteiger partial charge in [-0.15, -0.1) is 0 Å². The van der Waals surface area contributed by atoms with Crippen LogP contribution in [0.25, 0.3) is 0 Å². The number of nitrogens with one attached hydrogen (secondary N) is 1. The van der Waals surface area contributed by atoms with Crippen LogP contribution in [0.2, 0.25) is 5.02 Å². The third-order valence-corrected chi connectivity index (χ3v) is 3.76. The normalized spacial score (nSPS) is 18.5. The summed E-state index contributed by atoms with van der Waals surface area (Å²) in [4.78, 5) is 0. The van der Waals surface area contributed by atoms with Crippen molar-refractivity contribution in [3.8, 4) is 0 Å². The highest BCUT2D eigenvalue weighted by Gasteiger charge is 2.32. The van der Waals surface area contributed by atoms with Crippen molar-refractivity contribution in [1.29, 1.82) is 0 Å². The Morgan fingerprint density at radius 3 is 2.71 bits per heavy atom. The minimum absolute atomic E-state index is 0.106. The first-order valence-corrected chi connectivity index (χ1v) is 6.33. The molecule has 1 aliphatic rings. The van der Waals surface area contributed by atoms with E-state index in [4.69, 9.17) is 11.6 Å². The van der Waals surface area contributed by atoms with Gasteiger partial charge in [0, 0.05) is 22.7 Å². The Labute approximate surface area is 106 Å². The van der Waals surface area contributed by atoms with Crippen LogP contribution in [0.3, 0.4) is 0 Å². The van der Waals surface area contributed by atoms with Crippen molar-refractivity contribution in [2.24, 2.45) is 0 Å². The predicted molar refractivity (Wildman–Crippen MR) is 66.5 cm³/mol. The van der Waals surface area contributed by atoms with E-state index in [2.05, 4.69) is 5.32 Å². The first-order chi connectivity index (χ1) is 8.15. The second-order valence-electron chi connectivity index (χ2n) is 4.73. The van der Waals surface area contributed by atoms with Gasteiger partial charge in [-0.05, 0) is 31.0 Å². The van der Waals surface area contributed by atoms with Crippen LogP contribution in [0.4, 0.5) is 4.39 Å². The summed E-state index contributed by atoms with van der Waals surface area (Å²) in [5.41, 5.74) is 0.326. The monoisotopic (exact) mass is 257 g/mol. The molecule has 2 rings (SSSR count). The summed E-state index contributed by atoms with van der Waals surface area (Å²) in [7, 11) is 0. The summed E-state index contributed by atoms with van der Waals surface area (Å²) in [5, 5.41) is 13.3. The molecule has 0 bridgehead atoms. The molecule has 0 atom stereocenters. The SMILES string of the molecule is OCC1(NCc2cc(Cl)ccc2F)CCCC1. The van der Waals surface area contributed by atoms with E-state index in [-0.39, 0.29) is 18.0 Å². The van der Waals surface area contributed by atoms with Gasteiger partial charge in [0.2, 0.25) is 0 Å². The van der Waals surface area contributed by atoms with Crippen molar-refractivity contribution < 1.29 is 9.50 Å². The molecule has 17 heavy (non-hydrogen) atoms. The van der Waals surface area contributed by atoms with Crippen LogP contribution in [-0.4, -0.2) is 17.3 Å². The number of aliphatic hydroxyl groups is 1. The minimum atomic E-state index is -0.256. The smallest absolute Gasteiger partial charge is 0.127 e. The molecule has 0 amide bonds. The number of rotatable bonds is 4. The summed E-state index contributed by atoms with van der Waals surface area (Å²) in [5.74, 6) is -0.256. The van der Waals surface area contributed by atoms with Crippen LogP contribution in [0.15, 0.2) is 18.2 Å². The van der Waals surface area contributed by atoms with Crippen LogP contribution in [-0.2, 0) is 6.54 Å². The maximum absolute atomic E-state index is 13.5. The minimum Gasteiger partial charge on any atom is -0.394 e. The summed E-state index contributed by atoms with van der Waals surface area (Å²) >= 11 is 5.84. The molecule has 1 saturated carbocycles. The van der Waals surface area contributed by atoms with Crippen molar-refractivity contribution in [3.63, 3.8) is 0 Å². The lowest BCUT2D eigenvalue weighted by Gasteiger charge is -2.28. The van der Waals surface area contributed by atoms with Crippen molar-refractivity contribution in [3.05, 3.63) is 34.6 Å². The fourth-order valence-electron chi connectivity index (χ4n) is 2.40. The van der Waals surface area contributed by atoms with Gasteiger partial charge < -0.3 is 10.4 Å². The lowest BCUT2D eigenvalue weighted by atomic mass is 9.98. The molecule has 0 spiro atoms. The standard InChI is InChI=1S/C13H17ClFNO/c14-11-3-4-12(15)10(7-11)8-16-13(9-17)5-1-2-6-13/h3-4,7,16-17H,1-2,5-6,8-9H2. The van der Waals surface area contributed by atoms with Crippen molar-refractivity contribution in [2.75, 3.05) is 6.61 Å². The third-order valence-electron chi connectivity index (χ3n) is 3.52. The lowest BCUT2D eigenvalue weighted by molar-refractivity contribution is 0.162. The molecule has 2 nitrogen and oxygen atoms in total. The molecular formula is C13H17ClFNO. The van der Waals surface area contributed by atoms with Crippen molar-refractivity contribution in [1.82, 2.24) is 5.32 Å². The molecular weight excluding hydrogens is 241 g/mol. The topological polar surface area (TPSA) is 32.3 Å². The molecule has 4 heteroatoms. The summed E-state index contributed by atoms with van der Waals surface area (Å²) < 4.78 is 13.5. The Bertz CT molecular complexity index is 391. The number of halogens is 2. The third kappa shape index (κ3) is 2.97. The number of hydrogen-bond acceptors (Lipinski definition) is 2. The molecule has 0 radical (unpaired) electrons. The maximum atomic E-state index is 13.5. The zero-order valence-electron chi connectivity index (χ0n) is 9.68. The van der Waals surface area contributed by atoms with Gasteiger partial charge >= 0.3 is 0 Å². The Morgan fingerprint density at radius 2 is 2.06 bits per heavy atom. The molecule has 0 unspecified atom stereocenters. The fraction of sp³-hybridized carbons (Fsp3) is 0.538. The highest BCUT2D eigenvalue weighted by Crippen LogP contribution is 2.29. The lowest BCUT2D eigenvalue weighted by Crippen LogP contribution is -2.45. The van der Waals surface area contributed by atoms with E-state index < -0.39 is 0 Å². The van der Waals surface area contributed by atoms with E-state index in [1.54, 1.807) is 6.07 Å². The fourth-order valence-corrected chi connectivity index (χ4v) is 2.60. The first kappa shape index (κ1) is 12.8. The second kappa shape index (κ2) is 5.34. The van der Waals surface area contributed by atoms with E-state index in [1.165, 1.54) is 12.1 Å². The zero-order valence-corrected chi connectivity index (χ0v) is 10.4. The summed E-state index contributed by atoms with van der Waals surface area (Å²) in [6.45, 7) is 0.516. The number of aliphatic hydroxyl groups excluding tert-OH is 1.